The van der Waals surface area contributed by atoms with E-state index in [1.807, 2.05) is 18.2 Å². The van der Waals surface area contributed by atoms with Gasteiger partial charge in [0.25, 0.3) is 0 Å². The maximum absolute atomic E-state index is 5.88. The zero-order valence-electron chi connectivity index (χ0n) is 26.4. The van der Waals surface area contributed by atoms with Gasteiger partial charge in [-0.3, -0.25) is 14.9 Å². The van der Waals surface area contributed by atoms with Crippen LogP contribution in [0.3, 0.4) is 0 Å². The standard InChI is InChI=1S/C33H41BrN9OP/c1-6-22-19-27(29(44-3)20-28(22)43-13-9-23(10-14-43)42-17-15-41(2)16-18-42)39-33-37-21-24(34)32(40-33)38-26-8-7-25-30(31(26)45(4)5)36-12-11-35-25/h6-8,11-12,19-21,23H,1,9-10,13-18H2,2-5H3,(H2,37,38,39,40). The minimum atomic E-state index is -0.472. The summed E-state index contributed by atoms with van der Waals surface area (Å²) in [6, 6.07) is 8.87. The van der Waals surface area contributed by atoms with Crippen molar-refractivity contribution in [2.45, 2.75) is 18.9 Å². The molecule has 2 N–H and O–H groups in total. The Morgan fingerprint density at radius 1 is 0.978 bits per heavy atom. The normalized spacial score (nSPS) is 16.7. The second-order valence-corrected chi connectivity index (χ2v) is 14.9. The number of rotatable bonds is 9. The maximum Gasteiger partial charge on any atom is 0.229 e. The Bertz CT molecular complexity index is 1670. The minimum Gasteiger partial charge on any atom is -0.494 e. The summed E-state index contributed by atoms with van der Waals surface area (Å²) >= 11 is 3.63. The number of piperazine rings is 1. The van der Waals surface area contributed by atoms with Crippen LogP contribution in [0.2, 0.25) is 0 Å². The van der Waals surface area contributed by atoms with E-state index in [1.54, 1.807) is 25.7 Å². The van der Waals surface area contributed by atoms with E-state index in [0.29, 0.717) is 17.8 Å². The molecule has 0 unspecified atom stereocenters. The number of piperidine rings is 1. The highest BCUT2D eigenvalue weighted by molar-refractivity contribution is 9.10. The number of nitrogens with one attached hydrogen (secondary N) is 2. The van der Waals surface area contributed by atoms with Crippen LogP contribution in [0.15, 0.2) is 53.9 Å². The van der Waals surface area contributed by atoms with Crippen LogP contribution < -0.4 is 25.6 Å². The molecule has 0 saturated carbocycles. The van der Waals surface area contributed by atoms with Gasteiger partial charge in [-0.15, -0.1) is 0 Å². The van der Waals surface area contributed by atoms with Gasteiger partial charge in [0.05, 0.1) is 28.3 Å². The van der Waals surface area contributed by atoms with E-state index < -0.39 is 7.92 Å². The fourth-order valence-corrected chi connectivity index (χ4v) is 7.79. The highest BCUT2D eigenvalue weighted by atomic mass is 79.9. The molecule has 0 radical (unpaired) electrons. The molecule has 45 heavy (non-hydrogen) atoms. The van der Waals surface area contributed by atoms with Crippen LogP contribution in [0.1, 0.15) is 18.4 Å². The minimum absolute atomic E-state index is 0.451. The number of nitrogens with zero attached hydrogens (tertiary/aromatic N) is 7. The van der Waals surface area contributed by atoms with Crippen molar-refractivity contribution < 1.29 is 4.74 Å². The second kappa shape index (κ2) is 14.0. The van der Waals surface area contributed by atoms with Gasteiger partial charge in [-0.2, -0.15) is 4.98 Å². The van der Waals surface area contributed by atoms with Gasteiger partial charge in [0, 0.05) is 86.6 Å². The van der Waals surface area contributed by atoms with Gasteiger partial charge in [0.15, 0.2) is 0 Å². The lowest BCUT2D eigenvalue weighted by atomic mass is 10.00. The molecule has 2 aromatic carbocycles. The van der Waals surface area contributed by atoms with Gasteiger partial charge < -0.3 is 25.2 Å². The molecule has 0 bridgehead atoms. The summed E-state index contributed by atoms with van der Waals surface area (Å²) in [5.41, 5.74) is 5.72. The summed E-state index contributed by atoms with van der Waals surface area (Å²) in [5, 5.41) is 8.07. The van der Waals surface area contributed by atoms with E-state index in [2.05, 4.69) is 95.3 Å². The van der Waals surface area contributed by atoms with Crippen molar-refractivity contribution in [1.29, 1.82) is 0 Å². The summed E-state index contributed by atoms with van der Waals surface area (Å²) < 4.78 is 6.63. The van der Waals surface area contributed by atoms with Crippen molar-refractivity contribution in [3.05, 3.63) is 59.5 Å². The first-order valence-electron chi connectivity index (χ1n) is 15.3. The topological polar surface area (TPSA) is 94.6 Å². The predicted octanol–water partition coefficient (Wildman–Crippen LogP) is 5.90. The third-order valence-electron chi connectivity index (χ3n) is 8.73. The Morgan fingerprint density at radius 2 is 1.73 bits per heavy atom. The number of methoxy groups -OCH3 is 1. The van der Waals surface area contributed by atoms with E-state index in [4.69, 9.17) is 9.72 Å². The summed E-state index contributed by atoms with van der Waals surface area (Å²) in [5.74, 6) is 1.83. The zero-order chi connectivity index (χ0) is 31.5. The molecule has 0 atom stereocenters. The first-order valence-corrected chi connectivity index (χ1v) is 18.4. The monoisotopic (exact) mass is 689 g/mol. The molecule has 6 rings (SSSR count). The average Bonchev–Trinajstić information content (AvgIpc) is 3.06. The lowest BCUT2D eigenvalue weighted by molar-refractivity contribution is 0.0982. The van der Waals surface area contributed by atoms with Gasteiger partial charge in [0.2, 0.25) is 5.95 Å². The molecule has 2 aromatic heterocycles. The Morgan fingerprint density at radius 3 is 2.44 bits per heavy atom. The summed E-state index contributed by atoms with van der Waals surface area (Å²) in [6.45, 7) is 15.2. The van der Waals surface area contributed by atoms with Gasteiger partial charge in [-0.1, -0.05) is 20.6 Å². The van der Waals surface area contributed by atoms with Crippen LogP contribution in [0.5, 0.6) is 5.75 Å². The Hall–Kier alpha value is -3.37. The molecular formula is C33H41BrN9OP. The van der Waals surface area contributed by atoms with Crippen LogP contribution >= 0.6 is 23.9 Å². The number of anilines is 5. The van der Waals surface area contributed by atoms with Gasteiger partial charge in [-0.25, -0.2) is 4.98 Å². The van der Waals surface area contributed by atoms with Gasteiger partial charge >= 0.3 is 0 Å². The molecule has 12 heteroatoms. The lowest BCUT2D eigenvalue weighted by Gasteiger charge is -2.43. The number of halogens is 1. The number of hydrogen-bond acceptors (Lipinski definition) is 10. The SMILES string of the molecule is C=Cc1cc(Nc2ncc(Br)c(Nc3ccc4nccnc4c3P(C)C)n2)c(OC)cc1N1CCC(N2CCN(C)CC2)CC1. The van der Waals surface area contributed by atoms with Crippen molar-refractivity contribution in [2.24, 2.45) is 0 Å². The van der Waals surface area contributed by atoms with Crippen LogP contribution in [-0.2, 0) is 0 Å². The van der Waals surface area contributed by atoms with E-state index in [0.717, 1.165) is 88.2 Å². The molecule has 0 amide bonds. The first-order chi connectivity index (χ1) is 21.8. The molecule has 2 aliphatic rings. The summed E-state index contributed by atoms with van der Waals surface area (Å²) in [7, 11) is 3.44. The molecule has 2 fully saturated rings. The van der Waals surface area contributed by atoms with Crippen molar-refractivity contribution in [2.75, 3.05) is 82.3 Å². The smallest absolute Gasteiger partial charge is 0.229 e. The highest BCUT2D eigenvalue weighted by Gasteiger charge is 2.28. The van der Waals surface area contributed by atoms with Gasteiger partial charge in [-0.05, 0) is 72.9 Å². The molecule has 4 aromatic rings. The largest absolute Gasteiger partial charge is 0.494 e. The van der Waals surface area contributed by atoms with E-state index >= 15 is 0 Å². The average molecular weight is 691 g/mol. The Balaban J connectivity index is 1.21. The van der Waals surface area contributed by atoms with E-state index in [-0.39, 0.29) is 0 Å². The molecule has 0 aliphatic carbocycles. The molecule has 2 saturated heterocycles. The number of fused-ring (bicyclic) bond motifs is 1. The molecule has 10 nitrogen and oxygen atoms in total. The number of hydrogen-bond donors (Lipinski definition) is 2. The highest BCUT2D eigenvalue weighted by Crippen LogP contribution is 2.38. The van der Waals surface area contributed by atoms with Crippen LogP contribution in [0, 0.1) is 0 Å². The summed E-state index contributed by atoms with van der Waals surface area (Å²) in [6.07, 6.45) is 9.45. The van der Waals surface area contributed by atoms with Crippen molar-refractivity contribution in [3.63, 3.8) is 0 Å². The predicted molar refractivity (Wildman–Crippen MR) is 192 cm³/mol. The third-order valence-corrected chi connectivity index (χ3v) is 10.7. The number of aromatic nitrogens is 4. The number of ether oxygens (including phenoxy) is 1. The second-order valence-electron chi connectivity index (χ2n) is 11.8. The van der Waals surface area contributed by atoms with Gasteiger partial charge in [0.1, 0.15) is 11.6 Å². The first kappa shape index (κ1) is 31.6. The molecule has 0 spiro atoms. The summed E-state index contributed by atoms with van der Waals surface area (Å²) in [4.78, 5) is 26.1. The van der Waals surface area contributed by atoms with Crippen molar-refractivity contribution >= 4 is 75.1 Å². The van der Waals surface area contributed by atoms with E-state index in [1.165, 1.54) is 13.1 Å². The maximum atomic E-state index is 5.88. The lowest BCUT2D eigenvalue weighted by Crippen LogP contribution is -2.52. The molecule has 4 heterocycles. The Labute approximate surface area is 275 Å². The molecule has 236 valence electrons. The fourth-order valence-electron chi connectivity index (χ4n) is 6.29. The third kappa shape index (κ3) is 6.92. The number of likely N-dealkylation sites (N-methyl/N-ethyl adjacent to an activating group) is 1. The fraction of sp³-hybridized carbons (Fsp3) is 0.394. The molecular weight excluding hydrogens is 649 g/mol. The number of benzene rings is 2. The van der Waals surface area contributed by atoms with E-state index in [9.17, 15) is 0 Å². The van der Waals surface area contributed by atoms with Crippen LogP contribution in [0.4, 0.5) is 28.8 Å². The Kier molecular flexibility index (Phi) is 9.80. The molecule has 2 aliphatic heterocycles. The van der Waals surface area contributed by atoms with Crippen molar-refractivity contribution in [3.8, 4) is 5.75 Å². The zero-order valence-corrected chi connectivity index (χ0v) is 28.9. The van der Waals surface area contributed by atoms with Crippen LogP contribution in [-0.4, -0.2) is 103 Å². The van der Waals surface area contributed by atoms with Crippen LogP contribution in [0.25, 0.3) is 17.1 Å². The van der Waals surface area contributed by atoms with Crippen molar-refractivity contribution in [1.82, 2.24) is 29.7 Å². The quantitative estimate of drug-likeness (QED) is 0.207.